The van der Waals surface area contributed by atoms with E-state index in [1.54, 1.807) is 6.07 Å². The van der Waals surface area contributed by atoms with Crippen LogP contribution < -0.4 is 21.5 Å². The lowest BCUT2D eigenvalue weighted by molar-refractivity contribution is -0.118. The van der Waals surface area contributed by atoms with E-state index < -0.39 is 41.0 Å². The number of aromatic hydroxyl groups is 1. The Labute approximate surface area is 168 Å². The molecule has 0 bridgehead atoms. The fourth-order valence-corrected chi connectivity index (χ4v) is 3.19. The first-order valence-electron chi connectivity index (χ1n) is 8.69. The summed E-state index contributed by atoms with van der Waals surface area (Å²) in [7, 11) is 2.53. The molecule has 0 radical (unpaired) electrons. The molecule has 2 heterocycles. The van der Waals surface area contributed by atoms with Crippen molar-refractivity contribution in [1.82, 2.24) is 4.98 Å². The predicted octanol–water partition coefficient (Wildman–Crippen LogP) is 0.989. The molecule has 3 rings (SSSR count). The van der Waals surface area contributed by atoms with Gasteiger partial charge in [-0.05, 0) is 18.2 Å². The normalized spacial score (nSPS) is 11.8. The van der Waals surface area contributed by atoms with Crippen molar-refractivity contribution in [2.24, 2.45) is 5.73 Å². The highest BCUT2D eigenvalue weighted by Crippen LogP contribution is 2.33. The van der Waals surface area contributed by atoms with E-state index in [0.717, 1.165) is 19.6 Å². The number of H-pyrrole nitrogens is 1. The molecule has 0 saturated heterocycles. The molecule has 3 aromatic rings. The number of pyridine rings is 1. The zero-order valence-corrected chi connectivity index (χ0v) is 16.1. The van der Waals surface area contributed by atoms with Crippen LogP contribution in [-0.2, 0) is 9.53 Å². The van der Waals surface area contributed by atoms with Gasteiger partial charge in [0.15, 0.2) is 5.43 Å². The summed E-state index contributed by atoms with van der Waals surface area (Å²) in [6.45, 7) is 0. The molecule has 0 saturated carbocycles. The van der Waals surface area contributed by atoms with Gasteiger partial charge in [-0.2, -0.15) is 0 Å². The summed E-state index contributed by atoms with van der Waals surface area (Å²) < 4.78 is 15.2. The molecule has 1 atom stereocenters. The van der Waals surface area contributed by atoms with Crippen LogP contribution in [0.4, 0.5) is 0 Å². The third-order valence-corrected chi connectivity index (χ3v) is 4.64. The average molecular weight is 414 g/mol. The third kappa shape index (κ3) is 3.62. The lowest BCUT2D eigenvalue weighted by Crippen LogP contribution is -2.27. The number of nitrogens with one attached hydrogen (secondary N) is 1. The molecule has 1 aromatic carbocycles. The largest absolute Gasteiger partial charge is 0.506 e. The van der Waals surface area contributed by atoms with Gasteiger partial charge in [0, 0.05) is 24.1 Å². The number of carbonyl (C=O) groups is 2. The van der Waals surface area contributed by atoms with Gasteiger partial charge in [0.05, 0.1) is 31.4 Å². The van der Waals surface area contributed by atoms with Crippen LogP contribution in [0, 0.1) is 0 Å². The van der Waals surface area contributed by atoms with Crippen molar-refractivity contribution >= 4 is 22.8 Å². The molecule has 156 valence electrons. The highest BCUT2D eigenvalue weighted by Gasteiger charge is 2.30. The Morgan fingerprint density at radius 3 is 2.63 bits per heavy atom. The van der Waals surface area contributed by atoms with Crippen molar-refractivity contribution in [3.63, 3.8) is 0 Å². The van der Waals surface area contributed by atoms with E-state index in [-0.39, 0.29) is 27.7 Å². The van der Waals surface area contributed by atoms with Crippen molar-refractivity contribution in [3.8, 4) is 11.5 Å². The monoisotopic (exact) mass is 414 g/mol. The number of benzene rings is 1. The predicted molar refractivity (Wildman–Crippen MR) is 105 cm³/mol. The van der Waals surface area contributed by atoms with E-state index in [0.29, 0.717) is 5.75 Å². The Kier molecular flexibility index (Phi) is 5.58. The molecule has 0 aliphatic carbocycles. The first-order chi connectivity index (χ1) is 14.3. The third-order valence-electron chi connectivity index (χ3n) is 4.64. The van der Waals surface area contributed by atoms with Crippen molar-refractivity contribution < 1.29 is 28.6 Å². The Morgan fingerprint density at radius 1 is 1.27 bits per heavy atom. The molecule has 30 heavy (non-hydrogen) atoms. The second-order valence-corrected chi connectivity index (χ2v) is 6.39. The molecule has 1 unspecified atom stereocenters. The van der Waals surface area contributed by atoms with Crippen LogP contribution in [0.1, 0.15) is 33.8 Å². The van der Waals surface area contributed by atoms with Crippen molar-refractivity contribution in [2.75, 3.05) is 14.2 Å². The number of esters is 1. The number of amides is 1. The fourth-order valence-electron chi connectivity index (χ4n) is 3.19. The lowest BCUT2D eigenvalue weighted by Gasteiger charge is -2.17. The van der Waals surface area contributed by atoms with Gasteiger partial charge in [-0.15, -0.1) is 0 Å². The van der Waals surface area contributed by atoms with Gasteiger partial charge < -0.3 is 29.7 Å². The molecule has 1 amide bonds. The smallest absolute Gasteiger partial charge is 0.343 e. The number of aromatic nitrogens is 1. The van der Waals surface area contributed by atoms with Crippen LogP contribution in [0.3, 0.4) is 0 Å². The van der Waals surface area contributed by atoms with Crippen LogP contribution in [0.15, 0.2) is 44.7 Å². The standard InChI is InChI=1S/C20H18N2O8/c1-28-9-3-4-14-11(5-9)17(24)13(8-30-14)10(6-15(21)23)16-18(25)12(20(27)29-2)7-22-19(16)26/h3-5,7-8,10H,6H2,1-2H3,(H2,21,23)(H2,22,25,26). The first kappa shape index (κ1) is 20.6. The number of aromatic amines is 1. The van der Waals surface area contributed by atoms with E-state index in [9.17, 15) is 24.3 Å². The molecule has 10 nitrogen and oxygen atoms in total. The van der Waals surface area contributed by atoms with E-state index in [1.807, 2.05) is 0 Å². The van der Waals surface area contributed by atoms with Crippen LogP contribution in [0.5, 0.6) is 11.5 Å². The van der Waals surface area contributed by atoms with Gasteiger partial charge >= 0.3 is 5.97 Å². The van der Waals surface area contributed by atoms with Gasteiger partial charge in [-0.3, -0.25) is 14.4 Å². The van der Waals surface area contributed by atoms with Gasteiger partial charge in [0.2, 0.25) is 5.91 Å². The average Bonchev–Trinajstić information content (AvgIpc) is 2.72. The van der Waals surface area contributed by atoms with Crippen LogP contribution in [0.25, 0.3) is 11.0 Å². The number of rotatable bonds is 6. The number of hydrogen-bond acceptors (Lipinski definition) is 8. The molecule has 0 spiro atoms. The zero-order valence-electron chi connectivity index (χ0n) is 16.1. The minimum atomic E-state index is -1.28. The van der Waals surface area contributed by atoms with Gasteiger partial charge in [0.1, 0.15) is 22.6 Å². The maximum Gasteiger partial charge on any atom is 0.343 e. The number of hydrogen-bond donors (Lipinski definition) is 3. The van der Waals surface area contributed by atoms with Crippen molar-refractivity contribution in [2.45, 2.75) is 12.3 Å². The number of fused-ring (bicyclic) bond motifs is 1. The highest BCUT2D eigenvalue weighted by atomic mass is 16.5. The number of primary amides is 1. The highest BCUT2D eigenvalue weighted by molar-refractivity contribution is 5.92. The quantitative estimate of drug-likeness (QED) is 0.503. The summed E-state index contributed by atoms with van der Waals surface area (Å²) in [4.78, 5) is 51.6. The summed E-state index contributed by atoms with van der Waals surface area (Å²) in [5, 5.41) is 10.7. The van der Waals surface area contributed by atoms with Gasteiger partial charge in [-0.25, -0.2) is 4.79 Å². The molecule has 10 heteroatoms. The summed E-state index contributed by atoms with van der Waals surface area (Å²) >= 11 is 0. The van der Waals surface area contributed by atoms with Crippen molar-refractivity contribution in [3.05, 3.63) is 67.9 Å². The summed E-state index contributed by atoms with van der Waals surface area (Å²) in [5.74, 6) is -3.36. The number of nitrogens with two attached hydrogens (primary N) is 1. The maximum absolute atomic E-state index is 13.1. The van der Waals surface area contributed by atoms with Crippen LogP contribution >= 0.6 is 0 Å². The SMILES string of the molecule is COC(=O)c1c[nH]c(=O)c(C(CC(N)=O)c2coc3ccc(OC)cc3c2=O)c1O. The molecular formula is C20H18N2O8. The van der Waals surface area contributed by atoms with Crippen LogP contribution in [-0.4, -0.2) is 36.2 Å². The molecule has 0 fully saturated rings. The summed E-state index contributed by atoms with van der Waals surface area (Å²) in [6, 6.07) is 4.58. The summed E-state index contributed by atoms with van der Waals surface area (Å²) in [5.41, 5.74) is 3.39. The van der Waals surface area contributed by atoms with E-state index >= 15 is 0 Å². The number of ether oxygens (including phenoxy) is 2. The topological polar surface area (TPSA) is 162 Å². The Bertz CT molecular complexity index is 1260. The Morgan fingerprint density at radius 2 is 2.00 bits per heavy atom. The van der Waals surface area contributed by atoms with E-state index in [1.165, 1.54) is 19.2 Å². The number of carbonyl (C=O) groups excluding carboxylic acids is 2. The molecular weight excluding hydrogens is 396 g/mol. The van der Waals surface area contributed by atoms with Crippen molar-refractivity contribution in [1.29, 1.82) is 0 Å². The minimum Gasteiger partial charge on any atom is -0.506 e. The molecule has 2 aromatic heterocycles. The molecule has 4 N–H and O–H groups in total. The zero-order chi connectivity index (χ0) is 22.0. The van der Waals surface area contributed by atoms with Gasteiger partial charge in [0.25, 0.3) is 5.56 Å². The number of methoxy groups -OCH3 is 2. The van der Waals surface area contributed by atoms with Crippen LogP contribution in [0.2, 0.25) is 0 Å². The second kappa shape index (κ2) is 8.11. The lowest BCUT2D eigenvalue weighted by atomic mass is 9.88. The molecule has 0 aliphatic rings. The van der Waals surface area contributed by atoms with E-state index in [4.69, 9.17) is 14.9 Å². The Hall–Kier alpha value is -4.08. The van der Waals surface area contributed by atoms with E-state index in [2.05, 4.69) is 9.72 Å². The van der Waals surface area contributed by atoms with Gasteiger partial charge in [-0.1, -0.05) is 0 Å². The minimum absolute atomic E-state index is 0.0997. The fraction of sp³-hybridized carbons (Fsp3) is 0.200. The summed E-state index contributed by atoms with van der Waals surface area (Å²) in [6.07, 6.45) is 1.57. The Balaban J connectivity index is 2.31. The first-order valence-corrected chi connectivity index (χ1v) is 8.69. The second-order valence-electron chi connectivity index (χ2n) is 6.39. The maximum atomic E-state index is 13.1. The molecule has 0 aliphatic heterocycles.